The van der Waals surface area contributed by atoms with E-state index < -0.39 is 0 Å². The normalized spacial score (nSPS) is 10.8. The van der Waals surface area contributed by atoms with Gasteiger partial charge in [-0.2, -0.15) is 5.10 Å². The van der Waals surface area contributed by atoms with E-state index >= 15 is 0 Å². The molecule has 0 saturated heterocycles. The molecule has 3 nitrogen and oxygen atoms in total. The van der Waals surface area contributed by atoms with Gasteiger partial charge in [0.2, 0.25) is 0 Å². The monoisotopic (exact) mass is 294 g/mol. The topological polar surface area (TPSA) is 27.1 Å². The second-order valence-corrected chi connectivity index (χ2v) is 4.71. The van der Waals surface area contributed by atoms with Crippen LogP contribution in [0.5, 0.6) is 0 Å². The zero-order valence-electron chi connectivity index (χ0n) is 9.98. The highest BCUT2D eigenvalue weighted by Gasteiger charge is 2.07. The molecular formula is C13H15BrN2O. The van der Waals surface area contributed by atoms with Gasteiger partial charge in [-0.1, -0.05) is 28.1 Å². The summed E-state index contributed by atoms with van der Waals surface area (Å²) in [5.41, 5.74) is 3.21. The van der Waals surface area contributed by atoms with Crippen molar-refractivity contribution in [3.63, 3.8) is 0 Å². The lowest BCUT2D eigenvalue weighted by atomic mass is 10.1. The molecule has 4 heteroatoms. The molecule has 0 aliphatic heterocycles. The molecule has 2 rings (SSSR count). The van der Waals surface area contributed by atoms with Gasteiger partial charge in [0, 0.05) is 23.7 Å². The summed E-state index contributed by atoms with van der Waals surface area (Å²) < 4.78 is 8.32. The maximum absolute atomic E-state index is 5.36. The van der Waals surface area contributed by atoms with Crippen LogP contribution in [0, 0.1) is 0 Å². The molecule has 0 radical (unpaired) electrons. The van der Waals surface area contributed by atoms with E-state index in [0.29, 0.717) is 13.2 Å². The second kappa shape index (κ2) is 5.47. The van der Waals surface area contributed by atoms with Crippen LogP contribution < -0.4 is 0 Å². The quantitative estimate of drug-likeness (QED) is 0.864. The van der Waals surface area contributed by atoms with Crippen LogP contribution in [-0.2, 0) is 18.4 Å². The van der Waals surface area contributed by atoms with E-state index in [-0.39, 0.29) is 0 Å². The van der Waals surface area contributed by atoms with Gasteiger partial charge in [0.15, 0.2) is 0 Å². The number of hydrogen-bond acceptors (Lipinski definition) is 2. The summed E-state index contributed by atoms with van der Waals surface area (Å²) in [5, 5.41) is 4.43. The summed E-state index contributed by atoms with van der Waals surface area (Å²) in [6.45, 7) is 3.26. The van der Waals surface area contributed by atoms with Gasteiger partial charge in [0.05, 0.1) is 18.0 Å². The van der Waals surface area contributed by atoms with Gasteiger partial charge in [-0.25, -0.2) is 0 Å². The van der Waals surface area contributed by atoms with Crippen LogP contribution >= 0.6 is 15.9 Å². The van der Waals surface area contributed by atoms with E-state index in [4.69, 9.17) is 4.74 Å². The summed E-state index contributed by atoms with van der Waals surface area (Å²) in [4.78, 5) is 0. The van der Waals surface area contributed by atoms with Gasteiger partial charge in [0.25, 0.3) is 0 Å². The van der Waals surface area contributed by atoms with Crippen LogP contribution in [0.15, 0.2) is 34.8 Å². The third-order valence-electron chi connectivity index (χ3n) is 2.50. The lowest BCUT2D eigenvalue weighted by Gasteiger charge is -2.01. The minimum atomic E-state index is 0.568. The number of aryl methyl sites for hydroxylation is 1. The van der Waals surface area contributed by atoms with Crippen molar-refractivity contribution in [2.75, 3.05) is 6.61 Å². The van der Waals surface area contributed by atoms with Gasteiger partial charge < -0.3 is 4.74 Å². The summed E-state index contributed by atoms with van der Waals surface area (Å²) in [5.74, 6) is 0. The van der Waals surface area contributed by atoms with E-state index in [2.05, 4.69) is 39.2 Å². The maximum Gasteiger partial charge on any atom is 0.0906 e. The second-order valence-electron chi connectivity index (χ2n) is 3.79. The molecule has 1 aromatic heterocycles. The van der Waals surface area contributed by atoms with Gasteiger partial charge in [0.1, 0.15) is 0 Å². The Morgan fingerprint density at radius 1 is 1.35 bits per heavy atom. The standard InChI is InChI=1S/C13H15BrN2O/c1-3-17-9-12-8-13(16(2)15-12)10-5-4-6-11(14)7-10/h4-8H,3,9H2,1-2H3. The van der Waals surface area contributed by atoms with Gasteiger partial charge >= 0.3 is 0 Å². The van der Waals surface area contributed by atoms with Crippen molar-refractivity contribution in [2.45, 2.75) is 13.5 Å². The largest absolute Gasteiger partial charge is 0.375 e. The fraction of sp³-hybridized carbons (Fsp3) is 0.308. The molecule has 2 aromatic rings. The first-order valence-electron chi connectivity index (χ1n) is 5.57. The molecule has 1 heterocycles. The predicted octanol–water partition coefficient (Wildman–Crippen LogP) is 3.39. The van der Waals surface area contributed by atoms with Crippen molar-refractivity contribution >= 4 is 15.9 Å². The molecule has 90 valence electrons. The number of aromatic nitrogens is 2. The van der Waals surface area contributed by atoms with Gasteiger partial charge in [-0.3, -0.25) is 4.68 Å². The van der Waals surface area contributed by atoms with Crippen molar-refractivity contribution in [1.82, 2.24) is 9.78 Å². The minimum Gasteiger partial charge on any atom is -0.375 e. The fourth-order valence-electron chi connectivity index (χ4n) is 1.72. The summed E-state index contributed by atoms with van der Waals surface area (Å²) in [6.07, 6.45) is 0. The Bertz CT molecular complexity index is 508. The van der Waals surface area contributed by atoms with Crippen LogP contribution in [0.1, 0.15) is 12.6 Å². The molecule has 0 aliphatic rings. The lowest BCUT2D eigenvalue weighted by Crippen LogP contribution is -1.96. The summed E-state index contributed by atoms with van der Waals surface area (Å²) >= 11 is 3.48. The predicted molar refractivity (Wildman–Crippen MR) is 71.7 cm³/mol. The highest BCUT2D eigenvalue weighted by Crippen LogP contribution is 2.23. The van der Waals surface area contributed by atoms with E-state index in [9.17, 15) is 0 Å². The molecule has 0 saturated carbocycles. The first kappa shape index (κ1) is 12.3. The van der Waals surface area contributed by atoms with Crippen molar-refractivity contribution in [2.24, 2.45) is 7.05 Å². The highest BCUT2D eigenvalue weighted by atomic mass is 79.9. The highest BCUT2D eigenvalue weighted by molar-refractivity contribution is 9.10. The molecule has 0 bridgehead atoms. The lowest BCUT2D eigenvalue weighted by molar-refractivity contribution is 0.131. The minimum absolute atomic E-state index is 0.568. The number of hydrogen-bond donors (Lipinski definition) is 0. The van der Waals surface area contributed by atoms with Crippen LogP contribution in [-0.4, -0.2) is 16.4 Å². The zero-order valence-corrected chi connectivity index (χ0v) is 11.6. The van der Waals surface area contributed by atoms with Crippen molar-refractivity contribution < 1.29 is 4.74 Å². The Balaban J connectivity index is 2.29. The third-order valence-corrected chi connectivity index (χ3v) is 3.00. The van der Waals surface area contributed by atoms with Crippen molar-refractivity contribution in [3.8, 4) is 11.3 Å². The molecule has 0 aliphatic carbocycles. The van der Waals surface area contributed by atoms with E-state index in [1.165, 1.54) is 0 Å². The summed E-state index contributed by atoms with van der Waals surface area (Å²) in [6, 6.07) is 10.3. The Morgan fingerprint density at radius 3 is 2.88 bits per heavy atom. The molecule has 0 spiro atoms. The average molecular weight is 295 g/mol. The Kier molecular flexibility index (Phi) is 3.97. The number of nitrogens with zero attached hydrogens (tertiary/aromatic N) is 2. The third kappa shape index (κ3) is 2.96. The van der Waals surface area contributed by atoms with Gasteiger partial charge in [-0.05, 0) is 25.1 Å². The SMILES string of the molecule is CCOCc1cc(-c2cccc(Br)c2)n(C)n1. The van der Waals surface area contributed by atoms with Crippen molar-refractivity contribution in [3.05, 3.63) is 40.5 Å². The molecule has 0 atom stereocenters. The molecule has 0 unspecified atom stereocenters. The number of benzene rings is 1. The average Bonchev–Trinajstić information content (AvgIpc) is 2.68. The number of rotatable bonds is 4. The molecular weight excluding hydrogens is 280 g/mol. The molecule has 0 fully saturated rings. The summed E-state index contributed by atoms with van der Waals surface area (Å²) in [7, 11) is 1.95. The Hall–Kier alpha value is -1.13. The first-order valence-corrected chi connectivity index (χ1v) is 6.36. The molecule has 0 amide bonds. The molecule has 1 aromatic carbocycles. The maximum atomic E-state index is 5.36. The van der Waals surface area contributed by atoms with Crippen LogP contribution in [0.4, 0.5) is 0 Å². The fourth-order valence-corrected chi connectivity index (χ4v) is 2.12. The van der Waals surface area contributed by atoms with E-state index in [0.717, 1.165) is 21.4 Å². The van der Waals surface area contributed by atoms with Crippen molar-refractivity contribution in [1.29, 1.82) is 0 Å². The zero-order chi connectivity index (χ0) is 12.3. The Labute approximate surface area is 110 Å². The Morgan fingerprint density at radius 2 is 2.18 bits per heavy atom. The van der Waals surface area contributed by atoms with E-state index in [1.54, 1.807) is 0 Å². The molecule has 0 N–H and O–H groups in total. The van der Waals surface area contributed by atoms with Gasteiger partial charge in [-0.15, -0.1) is 0 Å². The van der Waals surface area contributed by atoms with Crippen LogP contribution in [0.3, 0.4) is 0 Å². The number of halogens is 1. The first-order chi connectivity index (χ1) is 8.20. The van der Waals surface area contributed by atoms with Crippen LogP contribution in [0.2, 0.25) is 0 Å². The smallest absolute Gasteiger partial charge is 0.0906 e. The van der Waals surface area contributed by atoms with E-state index in [1.807, 2.05) is 30.8 Å². The molecule has 17 heavy (non-hydrogen) atoms. The van der Waals surface area contributed by atoms with Crippen LogP contribution in [0.25, 0.3) is 11.3 Å². The number of ether oxygens (including phenoxy) is 1.